The fraction of sp³-hybridized carbons (Fsp3) is 0.308. The molecule has 0 saturated carbocycles. The minimum atomic E-state index is -0.745. The van der Waals surface area contributed by atoms with Gasteiger partial charge in [-0.3, -0.25) is 9.36 Å². The molecule has 112 valence electrons. The zero-order valence-electron chi connectivity index (χ0n) is 11.4. The highest BCUT2D eigenvalue weighted by Crippen LogP contribution is 2.21. The number of carbonyl (C=O) groups excluding carboxylic acids is 1. The molecule has 0 bridgehead atoms. The maximum Gasteiger partial charge on any atom is 0.350 e. The molecular formula is C13H12ClFIN3O2. The minimum absolute atomic E-state index is 0.00738. The minimum Gasteiger partial charge on any atom is -0.279 e. The summed E-state index contributed by atoms with van der Waals surface area (Å²) in [4.78, 5) is 23.5. The van der Waals surface area contributed by atoms with Crippen LogP contribution in [0.2, 0.25) is 0 Å². The van der Waals surface area contributed by atoms with E-state index in [1.54, 1.807) is 0 Å². The maximum absolute atomic E-state index is 14.2. The Morgan fingerprint density at radius 1 is 1.43 bits per heavy atom. The lowest BCUT2D eigenvalue weighted by atomic mass is 10.2. The molecule has 0 aliphatic rings. The van der Waals surface area contributed by atoms with Crippen molar-refractivity contribution in [3.05, 3.63) is 43.4 Å². The van der Waals surface area contributed by atoms with Gasteiger partial charge < -0.3 is 0 Å². The zero-order valence-corrected chi connectivity index (χ0v) is 14.3. The monoisotopic (exact) mass is 423 g/mol. The predicted octanol–water partition coefficient (Wildman–Crippen LogP) is 2.74. The third kappa shape index (κ3) is 2.89. The van der Waals surface area contributed by atoms with Crippen molar-refractivity contribution in [2.75, 3.05) is 0 Å². The summed E-state index contributed by atoms with van der Waals surface area (Å²) in [6.07, 6.45) is 0.563. The number of aromatic nitrogens is 3. The lowest BCUT2D eigenvalue weighted by Crippen LogP contribution is -2.24. The van der Waals surface area contributed by atoms with E-state index in [0.717, 1.165) is 10.7 Å². The largest absolute Gasteiger partial charge is 0.350 e. The second-order valence-electron chi connectivity index (χ2n) is 4.27. The van der Waals surface area contributed by atoms with E-state index in [2.05, 4.69) is 5.10 Å². The highest BCUT2D eigenvalue weighted by molar-refractivity contribution is 14.1. The number of hydrogen-bond acceptors (Lipinski definition) is 3. The normalized spacial score (nSPS) is 10.9. The van der Waals surface area contributed by atoms with Crippen molar-refractivity contribution in [3.63, 3.8) is 0 Å². The first kappa shape index (κ1) is 16.2. The highest BCUT2D eigenvalue weighted by atomic mass is 127. The van der Waals surface area contributed by atoms with Crippen molar-refractivity contribution in [1.82, 2.24) is 14.3 Å². The third-order valence-electron chi connectivity index (χ3n) is 3.05. The summed E-state index contributed by atoms with van der Waals surface area (Å²) in [5, 5.41) is 3.41. The fourth-order valence-corrected chi connectivity index (χ4v) is 3.03. The maximum atomic E-state index is 14.2. The van der Waals surface area contributed by atoms with Crippen LogP contribution in [0.1, 0.15) is 30.0 Å². The molecule has 0 aliphatic carbocycles. The van der Waals surface area contributed by atoms with E-state index in [9.17, 15) is 14.0 Å². The van der Waals surface area contributed by atoms with Crippen LogP contribution < -0.4 is 5.69 Å². The van der Waals surface area contributed by atoms with Gasteiger partial charge in [-0.1, -0.05) is 6.92 Å². The smallest absolute Gasteiger partial charge is 0.279 e. The highest BCUT2D eigenvalue weighted by Gasteiger charge is 2.18. The number of hydrogen-bond donors (Lipinski definition) is 0. The number of halogens is 3. The fourth-order valence-electron chi connectivity index (χ4n) is 2.02. The van der Waals surface area contributed by atoms with E-state index in [1.165, 1.54) is 10.6 Å². The van der Waals surface area contributed by atoms with Crippen LogP contribution in [-0.2, 0) is 13.0 Å². The van der Waals surface area contributed by atoms with Crippen molar-refractivity contribution in [1.29, 1.82) is 0 Å². The van der Waals surface area contributed by atoms with E-state index in [-0.39, 0.29) is 11.3 Å². The summed E-state index contributed by atoms with van der Waals surface area (Å²) in [5.74, 6) is -0.140. The lowest BCUT2D eigenvalue weighted by molar-refractivity contribution is 0.108. The molecule has 0 atom stereocenters. The standard InChI is InChI=1S/C13H12ClFIN3O2/c1-3-11-17-19(13(21)18(11)4-2)10-6-9(16)7(12(14)20)5-8(10)15/h5-6H,3-4H2,1-2H3. The van der Waals surface area contributed by atoms with Gasteiger partial charge in [0.25, 0.3) is 5.24 Å². The average molecular weight is 424 g/mol. The Labute approximate surface area is 138 Å². The third-order valence-corrected chi connectivity index (χ3v) is 4.14. The molecule has 0 aliphatic heterocycles. The van der Waals surface area contributed by atoms with Crippen LogP contribution in [0.15, 0.2) is 16.9 Å². The molecule has 0 saturated heterocycles. The molecule has 1 aromatic heterocycles. The van der Waals surface area contributed by atoms with Crippen LogP contribution in [0.5, 0.6) is 0 Å². The zero-order chi connectivity index (χ0) is 15.7. The summed E-state index contributed by atoms with van der Waals surface area (Å²) < 4.78 is 17.1. The molecule has 0 fully saturated rings. The summed E-state index contributed by atoms with van der Waals surface area (Å²) in [6.45, 7) is 4.15. The summed E-state index contributed by atoms with van der Waals surface area (Å²) in [5.41, 5.74) is -0.334. The van der Waals surface area contributed by atoms with Gasteiger partial charge in [-0.25, -0.2) is 9.18 Å². The van der Waals surface area contributed by atoms with Gasteiger partial charge >= 0.3 is 5.69 Å². The molecular weight excluding hydrogens is 412 g/mol. The van der Waals surface area contributed by atoms with Gasteiger partial charge in [-0.05, 0) is 53.2 Å². The molecule has 8 heteroatoms. The number of benzene rings is 1. The first-order chi connectivity index (χ1) is 9.90. The number of carbonyl (C=O) groups is 1. The van der Waals surface area contributed by atoms with Crippen LogP contribution >= 0.6 is 34.2 Å². The van der Waals surface area contributed by atoms with Gasteiger partial charge in [-0.2, -0.15) is 4.68 Å². The Balaban J connectivity index is 2.68. The Bertz CT molecular complexity index is 770. The Morgan fingerprint density at radius 3 is 2.57 bits per heavy atom. The second-order valence-corrected chi connectivity index (χ2v) is 5.77. The Hall–Kier alpha value is -1.22. The van der Waals surface area contributed by atoms with Crippen LogP contribution in [0.4, 0.5) is 4.39 Å². The van der Waals surface area contributed by atoms with Crippen LogP contribution in [0.25, 0.3) is 5.69 Å². The molecule has 0 unspecified atom stereocenters. The van der Waals surface area contributed by atoms with Gasteiger partial charge in [-0.15, -0.1) is 5.10 Å². The van der Waals surface area contributed by atoms with Gasteiger partial charge in [0, 0.05) is 16.5 Å². The molecule has 1 heterocycles. The van der Waals surface area contributed by atoms with Crippen molar-refractivity contribution in [3.8, 4) is 5.69 Å². The van der Waals surface area contributed by atoms with Crippen LogP contribution in [0, 0.1) is 9.39 Å². The van der Waals surface area contributed by atoms with Crippen molar-refractivity contribution >= 4 is 39.4 Å². The first-order valence-electron chi connectivity index (χ1n) is 6.28. The summed E-state index contributed by atoms with van der Waals surface area (Å²) in [7, 11) is 0. The average Bonchev–Trinajstić information content (AvgIpc) is 2.76. The van der Waals surface area contributed by atoms with E-state index in [4.69, 9.17) is 11.6 Å². The second kappa shape index (κ2) is 6.27. The van der Waals surface area contributed by atoms with Crippen molar-refractivity contribution < 1.29 is 9.18 Å². The lowest BCUT2D eigenvalue weighted by Gasteiger charge is -2.05. The summed E-state index contributed by atoms with van der Waals surface area (Å²) in [6, 6.07) is 2.41. The molecule has 5 nitrogen and oxygen atoms in total. The van der Waals surface area contributed by atoms with Gasteiger partial charge in [0.05, 0.1) is 5.56 Å². The van der Waals surface area contributed by atoms with E-state index >= 15 is 0 Å². The molecule has 0 amide bonds. The molecule has 2 aromatic rings. The predicted molar refractivity (Wildman–Crippen MR) is 85.7 cm³/mol. The van der Waals surface area contributed by atoms with Gasteiger partial charge in [0.1, 0.15) is 17.3 Å². The van der Waals surface area contributed by atoms with Crippen LogP contribution in [0.3, 0.4) is 0 Å². The first-order valence-corrected chi connectivity index (χ1v) is 7.74. The van der Waals surface area contributed by atoms with Gasteiger partial charge in [0.2, 0.25) is 0 Å². The van der Waals surface area contributed by atoms with Crippen LogP contribution in [-0.4, -0.2) is 19.6 Å². The molecule has 2 rings (SSSR count). The summed E-state index contributed by atoms with van der Waals surface area (Å²) >= 11 is 7.25. The molecule has 21 heavy (non-hydrogen) atoms. The number of aryl methyl sites for hydroxylation is 1. The number of rotatable bonds is 4. The quantitative estimate of drug-likeness (QED) is 0.561. The molecule has 0 spiro atoms. The topological polar surface area (TPSA) is 56.9 Å². The van der Waals surface area contributed by atoms with E-state index < -0.39 is 16.7 Å². The van der Waals surface area contributed by atoms with E-state index in [1.807, 2.05) is 36.4 Å². The van der Waals surface area contributed by atoms with Gasteiger partial charge in [0.15, 0.2) is 0 Å². The number of nitrogens with zero attached hydrogens (tertiary/aromatic N) is 3. The molecule has 0 radical (unpaired) electrons. The SMILES string of the molecule is CCc1nn(-c2cc(I)c(C(=O)Cl)cc2F)c(=O)n1CC. The molecule has 1 aromatic carbocycles. The van der Waals surface area contributed by atoms with Crippen molar-refractivity contribution in [2.45, 2.75) is 26.8 Å². The Kier molecular flexibility index (Phi) is 4.82. The Morgan fingerprint density at radius 2 is 2.10 bits per heavy atom. The molecule has 0 N–H and O–H groups in total. The van der Waals surface area contributed by atoms with E-state index in [0.29, 0.717) is 22.4 Å². The van der Waals surface area contributed by atoms with Crippen molar-refractivity contribution in [2.24, 2.45) is 0 Å².